The third-order valence-electron chi connectivity index (χ3n) is 8.15. The van der Waals surface area contributed by atoms with Gasteiger partial charge in [-0.3, -0.25) is 9.36 Å². The minimum Gasteiger partial charge on any atom is -0.756 e. The minimum absolute atomic E-state index is 0.00447. The van der Waals surface area contributed by atoms with E-state index in [4.69, 9.17) is 9.05 Å². The standard InChI is InChI=1S/C43H75N2O6P/c1-6-8-10-12-14-15-16-17-18-19-20-21-22-23-24-25-26-27-28-29-31-33-35-37-43(47)44-41(42(46)36-34-32-30-13-11-9-7-2)40-51-52(48,49)50-39-38-45(3,4)5/h8,10,14-15,17-18,20-21,23-24,26-27,29,31,41-42,46H,6-7,9,11-13,16,19,22,25,28,30,32-40H2,1-5H3,(H-,44,47,48,49)/b10-8-,15-14-,18-17-,21-20-,24-23-,27-26-,31-29-. The first kappa shape index (κ1) is 49.7. The summed E-state index contributed by atoms with van der Waals surface area (Å²) in [5.74, 6) is -0.232. The molecule has 0 saturated heterocycles. The summed E-state index contributed by atoms with van der Waals surface area (Å²) in [4.78, 5) is 25.1. The molecule has 298 valence electrons. The van der Waals surface area contributed by atoms with E-state index >= 15 is 0 Å². The van der Waals surface area contributed by atoms with Crippen molar-refractivity contribution in [3.63, 3.8) is 0 Å². The Bertz CT molecular complexity index is 1120. The zero-order valence-corrected chi connectivity index (χ0v) is 34.4. The number of carbonyl (C=O) groups excluding carboxylic acids is 1. The van der Waals surface area contributed by atoms with Crippen LogP contribution < -0.4 is 10.2 Å². The summed E-state index contributed by atoms with van der Waals surface area (Å²) >= 11 is 0. The number of aliphatic hydroxyl groups is 1. The Morgan fingerprint density at radius 2 is 1.15 bits per heavy atom. The Morgan fingerprint density at radius 1 is 0.692 bits per heavy atom. The van der Waals surface area contributed by atoms with Gasteiger partial charge in [0.1, 0.15) is 13.2 Å². The first-order chi connectivity index (χ1) is 25.0. The Morgan fingerprint density at radius 3 is 1.63 bits per heavy atom. The molecule has 8 nitrogen and oxygen atoms in total. The highest BCUT2D eigenvalue weighted by Crippen LogP contribution is 2.38. The maximum atomic E-state index is 12.7. The smallest absolute Gasteiger partial charge is 0.268 e. The Balaban J connectivity index is 4.42. The van der Waals surface area contributed by atoms with Crippen LogP contribution >= 0.6 is 7.82 Å². The van der Waals surface area contributed by atoms with Crippen molar-refractivity contribution in [1.29, 1.82) is 0 Å². The van der Waals surface area contributed by atoms with Gasteiger partial charge in [-0.2, -0.15) is 0 Å². The van der Waals surface area contributed by atoms with E-state index in [1.54, 1.807) is 0 Å². The topological polar surface area (TPSA) is 108 Å². The van der Waals surface area contributed by atoms with E-state index in [2.05, 4.69) is 104 Å². The highest BCUT2D eigenvalue weighted by atomic mass is 31.2. The Kier molecular flexibility index (Phi) is 32.9. The number of amides is 1. The number of carbonyl (C=O) groups is 1. The number of aliphatic hydroxyl groups excluding tert-OH is 1. The lowest BCUT2D eigenvalue weighted by molar-refractivity contribution is -0.870. The lowest BCUT2D eigenvalue weighted by Gasteiger charge is -2.30. The van der Waals surface area contributed by atoms with E-state index in [-0.39, 0.29) is 25.5 Å². The maximum Gasteiger partial charge on any atom is 0.268 e. The van der Waals surface area contributed by atoms with Crippen LogP contribution in [0, 0.1) is 0 Å². The van der Waals surface area contributed by atoms with E-state index < -0.39 is 20.0 Å². The lowest BCUT2D eigenvalue weighted by Crippen LogP contribution is -2.46. The molecule has 0 heterocycles. The summed E-state index contributed by atoms with van der Waals surface area (Å²) < 4.78 is 23.0. The van der Waals surface area contributed by atoms with Crippen molar-refractivity contribution in [1.82, 2.24) is 5.32 Å². The van der Waals surface area contributed by atoms with Gasteiger partial charge in [-0.15, -0.1) is 0 Å². The summed E-state index contributed by atoms with van der Waals surface area (Å²) in [6.45, 7) is 4.47. The summed E-state index contributed by atoms with van der Waals surface area (Å²) in [7, 11) is 1.24. The second-order valence-electron chi connectivity index (χ2n) is 14.3. The quantitative estimate of drug-likeness (QED) is 0.0294. The fourth-order valence-corrected chi connectivity index (χ4v) is 5.69. The van der Waals surface area contributed by atoms with Crippen LogP contribution in [0.5, 0.6) is 0 Å². The molecular weight excluding hydrogens is 671 g/mol. The second-order valence-corrected chi connectivity index (χ2v) is 15.7. The lowest BCUT2D eigenvalue weighted by atomic mass is 10.0. The van der Waals surface area contributed by atoms with Gasteiger partial charge in [0.2, 0.25) is 5.91 Å². The largest absolute Gasteiger partial charge is 0.756 e. The van der Waals surface area contributed by atoms with Crippen LogP contribution in [-0.2, 0) is 18.4 Å². The summed E-state index contributed by atoms with van der Waals surface area (Å²) in [5.41, 5.74) is 0. The highest BCUT2D eigenvalue weighted by Gasteiger charge is 2.24. The summed E-state index contributed by atoms with van der Waals surface area (Å²) in [5, 5.41) is 13.7. The van der Waals surface area contributed by atoms with Gasteiger partial charge >= 0.3 is 0 Å². The molecule has 3 atom stereocenters. The summed E-state index contributed by atoms with van der Waals surface area (Å²) in [6.07, 6.45) is 46.2. The number of phosphoric acid groups is 1. The van der Waals surface area contributed by atoms with Crippen molar-refractivity contribution in [2.45, 2.75) is 142 Å². The predicted octanol–water partition coefficient (Wildman–Crippen LogP) is 9.99. The van der Waals surface area contributed by atoms with Crippen molar-refractivity contribution in [2.75, 3.05) is 40.9 Å². The molecule has 0 aromatic heterocycles. The molecule has 0 saturated carbocycles. The highest BCUT2D eigenvalue weighted by molar-refractivity contribution is 7.45. The van der Waals surface area contributed by atoms with Gasteiger partial charge in [0, 0.05) is 6.42 Å². The number of unbranched alkanes of at least 4 members (excludes halogenated alkanes) is 7. The van der Waals surface area contributed by atoms with Crippen LogP contribution in [0.3, 0.4) is 0 Å². The number of likely N-dealkylation sites (N-methyl/N-ethyl adjacent to an activating group) is 1. The second kappa shape index (κ2) is 34.4. The van der Waals surface area contributed by atoms with Gasteiger partial charge in [0.05, 0.1) is 39.9 Å². The zero-order chi connectivity index (χ0) is 38.6. The van der Waals surface area contributed by atoms with Crippen LogP contribution in [0.4, 0.5) is 0 Å². The number of nitrogens with zero attached hydrogens (tertiary/aromatic N) is 1. The van der Waals surface area contributed by atoms with E-state index in [9.17, 15) is 19.4 Å². The molecule has 0 aromatic rings. The fraction of sp³-hybridized carbons (Fsp3) is 0.651. The molecule has 0 radical (unpaired) electrons. The molecule has 0 rings (SSSR count). The van der Waals surface area contributed by atoms with Crippen molar-refractivity contribution in [3.8, 4) is 0 Å². The minimum atomic E-state index is -4.57. The molecule has 0 aliphatic rings. The number of hydrogen-bond donors (Lipinski definition) is 2. The number of rotatable bonds is 34. The summed E-state index contributed by atoms with van der Waals surface area (Å²) in [6, 6.07) is -0.833. The third-order valence-corrected chi connectivity index (χ3v) is 9.11. The normalized spacial score (nSPS) is 15.4. The average Bonchev–Trinajstić information content (AvgIpc) is 3.09. The SMILES string of the molecule is CC/C=C\C/C=C\C/C=C\C/C=C\C/C=C\C/C=C\C/C=C\CCCC(=O)NC(COP(=O)([O-])OCC[N+](C)(C)C)C(O)CCCCCCCCC. The van der Waals surface area contributed by atoms with E-state index in [0.29, 0.717) is 23.9 Å². The number of quaternary nitrogens is 1. The van der Waals surface area contributed by atoms with Crippen molar-refractivity contribution in [3.05, 3.63) is 85.1 Å². The van der Waals surface area contributed by atoms with Gasteiger partial charge < -0.3 is 28.8 Å². The van der Waals surface area contributed by atoms with E-state index in [0.717, 1.165) is 70.6 Å². The molecule has 1 amide bonds. The van der Waals surface area contributed by atoms with Crippen LogP contribution in [0.2, 0.25) is 0 Å². The van der Waals surface area contributed by atoms with Gasteiger partial charge in [0.15, 0.2) is 0 Å². The average molecular weight is 747 g/mol. The van der Waals surface area contributed by atoms with Crippen molar-refractivity contribution >= 4 is 13.7 Å². The van der Waals surface area contributed by atoms with Crippen LogP contribution in [0.1, 0.15) is 129 Å². The molecule has 0 aliphatic carbocycles. The Labute approximate surface area is 318 Å². The van der Waals surface area contributed by atoms with Gasteiger partial charge in [-0.1, -0.05) is 144 Å². The van der Waals surface area contributed by atoms with Crippen LogP contribution in [0.15, 0.2) is 85.1 Å². The van der Waals surface area contributed by atoms with E-state index in [1.807, 2.05) is 21.1 Å². The number of phosphoric ester groups is 1. The molecule has 0 bridgehead atoms. The third kappa shape index (κ3) is 36.1. The molecule has 2 N–H and O–H groups in total. The van der Waals surface area contributed by atoms with Crippen LogP contribution in [0.25, 0.3) is 0 Å². The first-order valence-electron chi connectivity index (χ1n) is 19.9. The van der Waals surface area contributed by atoms with Crippen molar-refractivity contribution < 1.29 is 32.9 Å². The van der Waals surface area contributed by atoms with Gasteiger partial charge in [-0.25, -0.2) is 0 Å². The van der Waals surface area contributed by atoms with Gasteiger partial charge in [-0.05, 0) is 64.2 Å². The molecular formula is C43H75N2O6P. The maximum absolute atomic E-state index is 12.7. The Hall–Kier alpha value is -2.32. The zero-order valence-electron chi connectivity index (χ0n) is 33.5. The van der Waals surface area contributed by atoms with Crippen molar-refractivity contribution in [2.24, 2.45) is 0 Å². The molecule has 52 heavy (non-hydrogen) atoms. The first-order valence-corrected chi connectivity index (χ1v) is 21.4. The van der Waals surface area contributed by atoms with Crippen LogP contribution in [-0.4, -0.2) is 68.5 Å². The number of hydrogen-bond acceptors (Lipinski definition) is 6. The van der Waals surface area contributed by atoms with E-state index in [1.165, 1.54) is 25.7 Å². The number of allylic oxidation sites excluding steroid dienone is 14. The fourth-order valence-electron chi connectivity index (χ4n) is 4.97. The molecule has 0 aliphatic heterocycles. The van der Waals surface area contributed by atoms with Gasteiger partial charge in [0.25, 0.3) is 7.82 Å². The molecule has 9 heteroatoms. The predicted molar refractivity (Wildman–Crippen MR) is 219 cm³/mol. The molecule has 0 aromatic carbocycles. The molecule has 0 fully saturated rings. The number of nitrogens with one attached hydrogen (secondary N) is 1. The monoisotopic (exact) mass is 747 g/mol. The molecule has 0 spiro atoms. The molecule has 3 unspecified atom stereocenters.